The van der Waals surface area contributed by atoms with E-state index in [0.717, 1.165) is 10.6 Å². The molecule has 1 aliphatic heterocycles. The van der Waals surface area contributed by atoms with E-state index in [1.807, 2.05) is 56.3 Å². The van der Waals surface area contributed by atoms with Crippen LogP contribution in [-0.2, 0) is 9.59 Å². The van der Waals surface area contributed by atoms with Crippen molar-refractivity contribution in [2.45, 2.75) is 30.8 Å². The maximum Gasteiger partial charge on any atom is 0.335 e. The Morgan fingerprint density at radius 2 is 1.74 bits per heavy atom. The summed E-state index contributed by atoms with van der Waals surface area (Å²) in [4.78, 5) is 55.2. The average Bonchev–Trinajstić information content (AvgIpc) is 3.02. The molecular weight excluding hydrogens is 504 g/mol. The molecule has 0 aromatic heterocycles. The Labute approximate surface area is 224 Å². The summed E-state index contributed by atoms with van der Waals surface area (Å²) in [6, 6.07) is 20.7. The molecule has 1 aliphatic rings. The molecule has 0 bridgehead atoms. The van der Waals surface area contributed by atoms with Crippen molar-refractivity contribution in [2.24, 2.45) is 0 Å². The topological polar surface area (TPSA) is 119 Å². The van der Waals surface area contributed by atoms with E-state index in [-0.39, 0.29) is 35.5 Å². The van der Waals surface area contributed by atoms with E-state index in [1.54, 1.807) is 23.1 Å². The first-order valence-corrected chi connectivity index (χ1v) is 13.0. The van der Waals surface area contributed by atoms with E-state index in [9.17, 15) is 24.3 Å². The molecule has 0 fully saturated rings. The molecule has 1 heterocycles. The van der Waals surface area contributed by atoms with Crippen LogP contribution in [0.15, 0.2) is 83.8 Å². The monoisotopic (exact) mass is 532 g/mol. The molecule has 0 saturated carbocycles. The molecule has 4 amide bonds. The van der Waals surface area contributed by atoms with E-state index < -0.39 is 23.9 Å². The van der Waals surface area contributed by atoms with Crippen LogP contribution < -0.4 is 20.4 Å². The van der Waals surface area contributed by atoms with Crippen molar-refractivity contribution in [3.63, 3.8) is 0 Å². The van der Waals surface area contributed by atoms with E-state index in [1.165, 1.54) is 34.9 Å². The number of para-hydroxylation sites is 2. The van der Waals surface area contributed by atoms with E-state index in [0.29, 0.717) is 5.69 Å². The number of hydrogen-bond donors (Lipinski definition) is 3. The Balaban J connectivity index is 1.56. The summed E-state index contributed by atoms with van der Waals surface area (Å²) in [7, 11) is 0. The molecule has 38 heavy (non-hydrogen) atoms. The number of carboxylic acids is 1. The van der Waals surface area contributed by atoms with Gasteiger partial charge in [0, 0.05) is 28.1 Å². The zero-order valence-electron chi connectivity index (χ0n) is 21.0. The third kappa shape index (κ3) is 6.15. The number of amides is 4. The fraction of sp³-hybridized carbons (Fsp3) is 0.214. The normalized spacial score (nSPS) is 14.9. The van der Waals surface area contributed by atoms with Gasteiger partial charge >= 0.3 is 12.0 Å². The van der Waals surface area contributed by atoms with Gasteiger partial charge in [0.1, 0.15) is 12.6 Å². The number of nitrogens with one attached hydrogen (secondary N) is 2. The van der Waals surface area contributed by atoms with Crippen LogP contribution in [0.3, 0.4) is 0 Å². The van der Waals surface area contributed by atoms with Gasteiger partial charge in [-0.2, -0.15) is 0 Å². The number of carboxylic acid groups (broad SMARTS) is 1. The third-order valence-corrected chi connectivity index (χ3v) is 7.07. The van der Waals surface area contributed by atoms with Crippen molar-refractivity contribution in [3.05, 3.63) is 84.4 Å². The number of nitrogens with zero attached hydrogens (tertiary/aromatic N) is 2. The second-order valence-corrected chi connectivity index (χ2v) is 9.99. The fourth-order valence-electron chi connectivity index (χ4n) is 4.21. The van der Waals surface area contributed by atoms with Crippen LogP contribution in [0.5, 0.6) is 0 Å². The van der Waals surface area contributed by atoms with Crippen molar-refractivity contribution in [1.29, 1.82) is 0 Å². The molecule has 9 nitrogen and oxygen atoms in total. The fourth-order valence-corrected chi connectivity index (χ4v) is 5.28. The van der Waals surface area contributed by atoms with Crippen LogP contribution >= 0.6 is 11.8 Å². The molecule has 10 heteroatoms. The summed E-state index contributed by atoms with van der Waals surface area (Å²) in [5.41, 5.74) is 1.64. The first-order valence-electron chi connectivity index (χ1n) is 12.1. The Hall–Kier alpha value is -4.31. The van der Waals surface area contributed by atoms with Crippen molar-refractivity contribution in [2.75, 3.05) is 27.4 Å². The van der Waals surface area contributed by atoms with E-state index in [4.69, 9.17) is 0 Å². The number of thioether (sulfide) groups is 1. The molecule has 0 saturated heterocycles. The summed E-state index contributed by atoms with van der Waals surface area (Å²) in [5.74, 6) is -1.53. The second kappa shape index (κ2) is 11.8. The first-order chi connectivity index (χ1) is 18.2. The van der Waals surface area contributed by atoms with Gasteiger partial charge in [-0.15, -0.1) is 11.8 Å². The van der Waals surface area contributed by atoms with Crippen molar-refractivity contribution in [3.8, 4) is 0 Å². The smallest absolute Gasteiger partial charge is 0.335 e. The van der Waals surface area contributed by atoms with E-state index >= 15 is 0 Å². The highest BCUT2D eigenvalue weighted by molar-refractivity contribution is 7.99. The molecule has 0 aliphatic carbocycles. The van der Waals surface area contributed by atoms with Crippen LogP contribution in [0.4, 0.5) is 21.9 Å². The van der Waals surface area contributed by atoms with Gasteiger partial charge in [0.25, 0.3) is 5.91 Å². The molecule has 0 radical (unpaired) electrons. The van der Waals surface area contributed by atoms with Crippen LogP contribution in [0.2, 0.25) is 0 Å². The maximum absolute atomic E-state index is 13.7. The lowest BCUT2D eigenvalue weighted by Gasteiger charge is -2.31. The van der Waals surface area contributed by atoms with Gasteiger partial charge in [0.2, 0.25) is 5.91 Å². The largest absolute Gasteiger partial charge is 0.478 e. The lowest BCUT2D eigenvalue weighted by molar-refractivity contribution is -0.123. The molecule has 3 aromatic rings. The third-order valence-electron chi connectivity index (χ3n) is 5.91. The van der Waals surface area contributed by atoms with Crippen molar-refractivity contribution < 1.29 is 24.3 Å². The average molecular weight is 533 g/mol. The second-order valence-electron chi connectivity index (χ2n) is 8.93. The Bertz CT molecular complexity index is 1350. The number of rotatable bonds is 7. The first kappa shape index (κ1) is 26.7. The number of carbonyl (C=O) groups is 4. The zero-order chi connectivity index (χ0) is 27.2. The standard InChI is InChI=1S/C28H28N4O5S/c1-18(2)32(21-11-4-3-5-12-21)25(33)16-31-23-13-6-7-14-24(23)38-17-22(26(31)34)30-28(37)29-20-10-8-9-19(15-20)27(35)36/h3-15,18,22H,16-17H2,1-2H3,(H,35,36)(H2,29,30,37). The predicted octanol–water partition coefficient (Wildman–Crippen LogP) is 4.46. The number of anilines is 3. The molecule has 1 atom stereocenters. The molecule has 4 rings (SSSR count). The number of hydrogen-bond acceptors (Lipinski definition) is 5. The lowest BCUT2D eigenvalue weighted by atomic mass is 10.2. The molecule has 0 spiro atoms. The minimum atomic E-state index is -1.12. The Kier molecular flexibility index (Phi) is 8.32. The summed E-state index contributed by atoms with van der Waals surface area (Å²) < 4.78 is 0. The van der Waals surface area contributed by atoms with Crippen molar-refractivity contribution in [1.82, 2.24) is 5.32 Å². The van der Waals surface area contributed by atoms with Crippen LogP contribution in [0, 0.1) is 0 Å². The number of aromatic carboxylic acids is 1. The molecule has 3 aromatic carbocycles. The van der Waals surface area contributed by atoms with Gasteiger partial charge in [-0.1, -0.05) is 36.4 Å². The zero-order valence-corrected chi connectivity index (χ0v) is 21.8. The minimum absolute atomic E-state index is 0.0251. The summed E-state index contributed by atoms with van der Waals surface area (Å²) in [6.07, 6.45) is 0. The quantitative estimate of drug-likeness (QED) is 0.414. The number of urea groups is 1. The SMILES string of the molecule is CC(C)N(C(=O)CN1C(=O)C(NC(=O)Nc2cccc(C(=O)O)c2)CSc2ccccc21)c1ccccc1. The molecule has 196 valence electrons. The molecule has 1 unspecified atom stereocenters. The highest BCUT2D eigenvalue weighted by Gasteiger charge is 2.34. The van der Waals surface area contributed by atoms with Crippen LogP contribution in [-0.4, -0.2) is 53.3 Å². The van der Waals surface area contributed by atoms with Gasteiger partial charge in [-0.25, -0.2) is 9.59 Å². The Morgan fingerprint density at radius 3 is 2.45 bits per heavy atom. The number of carbonyl (C=O) groups excluding carboxylic acids is 3. The van der Waals surface area contributed by atoms with Gasteiger partial charge < -0.3 is 25.5 Å². The lowest BCUT2D eigenvalue weighted by Crippen LogP contribution is -2.53. The van der Waals surface area contributed by atoms with Crippen LogP contribution in [0.25, 0.3) is 0 Å². The highest BCUT2D eigenvalue weighted by Crippen LogP contribution is 2.34. The van der Waals surface area contributed by atoms with Gasteiger partial charge in [-0.3, -0.25) is 9.59 Å². The summed E-state index contributed by atoms with van der Waals surface area (Å²) in [5, 5.41) is 14.5. The van der Waals surface area contributed by atoms with Crippen LogP contribution in [0.1, 0.15) is 24.2 Å². The molecule has 3 N–H and O–H groups in total. The molecular formula is C28H28N4O5S. The van der Waals surface area contributed by atoms with Gasteiger partial charge in [0.05, 0.1) is 11.3 Å². The summed E-state index contributed by atoms with van der Waals surface area (Å²) in [6.45, 7) is 3.62. The number of fused-ring (bicyclic) bond motifs is 1. The maximum atomic E-state index is 13.7. The van der Waals surface area contributed by atoms with Gasteiger partial charge in [-0.05, 0) is 56.3 Å². The number of benzene rings is 3. The summed E-state index contributed by atoms with van der Waals surface area (Å²) >= 11 is 1.41. The van der Waals surface area contributed by atoms with Crippen molar-refractivity contribution >= 4 is 52.6 Å². The van der Waals surface area contributed by atoms with E-state index in [2.05, 4.69) is 10.6 Å². The Morgan fingerprint density at radius 1 is 1.03 bits per heavy atom. The minimum Gasteiger partial charge on any atom is -0.478 e. The van der Waals surface area contributed by atoms with Gasteiger partial charge in [0.15, 0.2) is 0 Å². The highest BCUT2D eigenvalue weighted by atomic mass is 32.2. The predicted molar refractivity (Wildman–Crippen MR) is 148 cm³/mol.